The first-order chi connectivity index (χ1) is 13.1. The first-order valence-electron chi connectivity index (χ1n) is 10.1. The predicted octanol–water partition coefficient (Wildman–Crippen LogP) is 3.41. The van der Waals surface area contributed by atoms with Crippen LogP contribution in [0.5, 0.6) is 0 Å². The predicted molar refractivity (Wildman–Crippen MR) is 105 cm³/mol. The van der Waals surface area contributed by atoms with Crippen molar-refractivity contribution in [2.24, 2.45) is 5.92 Å². The van der Waals surface area contributed by atoms with E-state index in [0.29, 0.717) is 28.5 Å². The summed E-state index contributed by atoms with van der Waals surface area (Å²) in [7, 11) is 0. The number of piperazine rings is 1. The van der Waals surface area contributed by atoms with Gasteiger partial charge in [-0.2, -0.15) is 0 Å². The minimum atomic E-state index is -0.349. The minimum Gasteiger partial charge on any atom is -0.392 e. The summed E-state index contributed by atoms with van der Waals surface area (Å²) in [6, 6.07) is 2.91. The molecule has 2 fully saturated rings. The molecule has 1 atom stereocenters. The van der Waals surface area contributed by atoms with Gasteiger partial charge in [-0.25, -0.2) is 9.37 Å². The van der Waals surface area contributed by atoms with Gasteiger partial charge in [0, 0.05) is 32.7 Å². The van der Waals surface area contributed by atoms with Crippen LogP contribution in [0.3, 0.4) is 0 Å². The van der Waals surface area contributed by atoms with Crippen molar-refractivity contribution >= 4 is 22.6 Å². The third-order valence-corrected chi connectivity index (χ3v) is 6.39. The van der Waals surface area contributed by atoms with Gasteiger partial charge in [-0.05, 0) is 30.9 Å². The second kappa shape index (κ2) is 8.43. The van der Waals surface area contributed by atoms with Crippen LogP contribution < -0.4 is 0 Å². The summed E-state index contributed by atoms with van der Waals surface area (Å²) >= 11 is 6.13. The van der Waals surface area contributed by atoms with Gasteiger partial charge in [0.15, 0.2) is 5.82 Å². The van der Waals surface area contributed by atoms with Gasteiger partial charge in [0.2, 0.25) is 0 Å². The lowest BCUT2D eigenvalue weighted by atomic mass is 9.85. The first-order valence-corrected chi connectivity index (χ1v) is 10.4. The molecule has 2 aliphatic rings. The number of aromatic nitrogens is 2. The Morgan fingerprint density at radius 1 is 1.15 bits per heavy atom. The van der Waals surface area contributed by atoms with E-state index in [1.54, 1.807) is 6.07 Å². The Hall–Kier alpha value is -1.21. The average Bonchev–Trinajstić information content (AvgIpc) is 3.12. The molecule has 5 nitrogen and oxygen atoms in total. The van der Waals surface area contributed by atoms with Crippen molar-refractivity contribution in [3.05, 3.63) is 28.8 Å². The molecule has 2 heterocycles. The number of nitrogens with one attached hydrogen (secondary N) is 1. The SMILES string of the molecule is OC(CN1CCN(Cc2nc3c(F)ccc(Cl)c3[nH]2)CC1)C1CCCCC1. The number of β-amino-alcohol motifs (C(OH)–C–C–N with tert-alkyl or cyclic N) is 1. The molecule has 1 aromatic heterocycles. The van der Waals surface area contributed by atoms with Gasteiger partial charge in [-0.15, -0.1) is 0 Å². The smallest absolute Gasteiger partial charge is 0.151 e. The number of aromatic amines is 1. The molecule has 1 saturated heterocycles. The van der Waals surface area contributed by atoms with E-state index >= 15 is 0 Å². The Kier molecular flexibility index (Phi) is 5.97. The van der Waals surface area contributed by atoms with Crippen LogP contribution in [0.2, 0.25) is 5.02 Å². The van der Waals surface area contributed by atoms with E-state index in [1.807, 2.05) is 0 Å². The molecule has 0 spiro atoms. The van der Waals surface area contributed by atoms with Gasteiger partial charge in [0.25, 0.3) is 0 Å². The highest BCUT2D eigenvalue weighted by molar-refractivity contribution is 6.34. The second-order valence-electron chi connectivity index (χ2n) is 7.98. The third kappa shape index (κ3) is 4.45. The number of benzene rings is 1. The van der Waals surface area contributed by atoms with Crippen molar-refractivity contribution in [2.75, 3.05) is 32.7 Å². The molecule has 148 valence electrons. The highest BCUT2D eigenvalue weighted by Gasteiger charge is 2.26. The van der Waals surface area contributed by atoms with E-state index in [4.69, 9.17) is 11.6 Å². The summed E-state index contributed by atoms with van der Waals surface area (Å²) in [4.78, 5) is 12.2. The van der Waals surface area contributed by atoms with Crippen molar-refractivity contribution in [2.45, 2.75) is 44.8 Å². The largest absolute Gasteiger partial charge is 0.392 e. The third-order valence-electron chi connectivity index (χ3n) is 6.07. The number of hydrogen-bond acceptors (Lipinski definition) is 4. The summed E-state index contributed by atoms with van der Waals surface area (Å²) in [5.41, 5.74) is 0.882. The highest BCUT2D eigenvalue weighted by Crippen LogP contribution is 2.27. The maximum atomic E-state index is 13.9. The summed E-state index contributed by atoms with van der Waals surface area (Å²) in [6.45, 7) is 5.17. The van der Waals surface area contributed by atoms with Crippen LogP contribution in [0.15, 0.2) is 12.1 Å². The maximum absolute atomic E-state index is 13.9. The molecule has 0 radical (unpaired) electrons. The van der Waals surface area contributed by atoms with E-state index in [1.165, 1.54) is 38.2 Å². The Bertz CT molecular complexity index is 730. The van der Waals surface area contributed by atoms with Gasteiger partial charge >= 0.3 is 0 Å². The minimum absolute atomic E-state index is 0.197. The molecule has 2 N–H and O–H groups in total. The van der Waals surface area contributed by atoms with Crippen molar-refractivity contribution in [1.29, 1.82) is 0 Å². The van der Waals surface area contributed by atoms with Crippen molar-refractivity contribution in [3.8, 4) is 0 Å². The van der Waals surface area contributed by atoms with Gasteiger partial charge in [0.05, 0.1) is 23.2 Å². The topological polar surface area (TPSA) is 55.4 Å². The molecule has 0 bridgehead atoms. The van der Waals surface area contributed by atoms with Crippen molar-refractivity contribution in [1.82, 2.24) is 19.8 Å². The van der Waals surface area contributed by atoms with Gasteiger partial charge in [-0.3, -0.25) is 9.80 Å². The Labute approximate surface area is 164 Å². The summed E-state index contributed by atoms with van der Waals surface area (Å²) in [5, 5.41) is 11.0. The van der Waals surface area contributed by atoms with Crippen LogP contribution in [-0.2, 0) is 6.54 Å². The van der Waals surface area contributed by atoms with Crippen LogP contribution in [-0.4, -0.2) is 63.7 Å². The average molecular weight is 395 g/mol. The summed E-state index contributed by atoms with van der Waals surface area (Å²) < 4.78 is 13.9. The molecule has 1 saturated carbocycles. The standard InChI is InChI=1S/C20H28ClFN4O/c21-15-6-7-16(22)20-19(15)23-18(24-20)13-26-10-8-25(9-11-26)12-17(27)14-4-2-1-3-5-14/h6-7,14,17,27H,1-5,8-13H2,(H,23,24). The lowest BCUT2D eigenvalue weighted by molar-refractivity contribution is 0.0280. The van der Waals surface area contributed by atoms with E-state index in [-0.39, 0.29) is 11.9 Å². The molecule has 27 heavy (non-hydrogen) atoms. The fourth-order valence-electron chi connectivity index (χ4n) is 4.43. The fraction of sp³-hybridized carbons (Fsp3) is 0.650. The number of hydrogen-bond donors (Lipinski definition) is 2. The van der Waals surface area contributed by atoms with Crippen LogP contribution in [0.4, 0.5) is 4.39 Å². The molecule has 1 aliphatic heterocycles. The van der Waals surface area contributed by atoms with Crippen LogP contribution in [0.25, 0.3) is 11.0 Å². The zero-order valence-corrected chi connectivity index (χ0v) is 16.4. The van der Waals surface area contributed by atoms with E-state index < -0.39 is 0 Å². The number of fused-ring (bicyclic) bond motifs is 1. The molecule has 2 aromatic rings. The molecule has 7 heteroatoms. The zero-order valence-electron chi connectivity index (χ0n) is 15.6. The monoisotopic (exact) mass is 394 g/mol. The Morgan fingerprint density at radius 3 is 2.56 bits per heavy atom. The summed E-state index contributed by atoms with van der Waals surface area (Å²) in [6.07, 6.45) is 5.99. The number of rotatable bonds is 5. The van der Waals surface area contributed by atoms with Crippen LogP contribution in [0, 0.1) is 11.7 Å². The van der Waals surface area contributed by atoms with Gasteiger partial charge < -0.3 is 10.1 Å². The van der Waals surface area contributed by atoms with Gasteiger partial charge in [-0.1, -0.05) is 30.9 Å². The summed E-state index contributed by atoms with van der Waals surface area (Å²) in [5.74, 6) is 0.873. The molecular formula is C20H28ClFN4O. The number of nitrogens with zero attached hydrogens (tertiary/aromatic N) is 3. The van der Waals surface area contributed by atoms with Crippen molar-refractivity contribution < 1.29 is 9.50 Å². The molecule has 1 unspecified atom stereocenters. The van der Waals surface area contributed by atoms with Crippen LogP contribution in [0.1, 0.15) is 37.9 Å². The lowest BCUT2D eigenvalue weighted by Crippen LogP contribution is -2.49. The molecule has 0 amide bonds. The normalized spacial score (nSPS) is 21.7. The van der Waals surface area contributed by atoms with E-state index in [9.17, 15) is 9.50 Å². The fourth-order valence-corrected chi connectivity index (χ4v) is 4.63. The zero-order chi connectivity index (χ0) is 18.8. The lowest BCUT2D eigenvalue weighted by Gasteiger charge is -2.37. The molecule has 1 aromatic carbocycles. The number of H-pyrrole nitrogens is 1. The number of imidazole rings is 1. The highest BCUT2D eigenvalue weighted by atomic mass is 35.5. The molecule has 1 aliphatic carbocycles. The maximum Gasteiger partial charge on any atom is 0.151 e. The van der Waals surface area contributed by atoms with Gasteiger partial charge in [0.1, 0.15) is 11.3 Å². The van der Waals surface area contributed by atoms with Crippen molar-refractivity contribution in [3.63, 3.8) is 0 Å². The number of aliphatic hydroxyl groups excluding tert-OH is 1. The quantitative estimate of drug-likeness (QED) is 0.815. The Morgan fingerprint density at radius 2 is 1.85 bits per heavy atom. The second-order valence-corrected chi connectivity index (χ2v) is 8.39. The van der Waals surface area contributed by atoms with Crippen LogP contribution >= 0.6 is 11.6 Å². The number of aliphatic hydroxyl groups is 1. The van der Waals surface area contributed by atoms with E-state index in [2.05, 4.69) is 19.8 Å². The molecule has 4 rings (SSSR count). The van der Waals surface area contributed by atoms with E-state index in [0.717, 1.165) is 38.5 Å². The Balaban J connectivity index is 1.29. The first kappa shape index (κ1) is 19.1. The molecular weight excluding hydrogens is 367 g/mol. The number of halogens is 2.